The van der Waals surface area contributed by atoms with Crippen LogP contribution in [0.4, 0.5) is 5.69 Å². The summed E-state index contributed by atoms with van der Waals surface area (Å²) in [6.07, 6.45) is 4.36. The van der Waals surface area contributed by atoms with Gasteiger partial charge in [0.1, 0.15) is 0 Å². The molecular weight excluding hydrogens is 256 g/mol. The Kier molecular flexibility index (Phi) is 4.00. The van der Waals surface area contributed by atoms with Gasteiger partial charge in [-0.3, -0.25) is 0 Å². The molecule has 2 unspecified atom stereocenters. The number of hydrogen-bond donors (Lipinski definition) is 1. The van der Waals surface area contributed by atoms with Crippen molar-refractivity contribution in [1.82, 2.24) is 5.32 Å². The van der Waals surface area contributed by atoms with Gasteiger partial charge < -0.3 is 10.2 Å². The maximum Gasteiger partial charge on any atom is 0.0369 e. The van der Waals surface area contributed by atoms with E-state index >= 15 is 0 Å². The zero-order chi connectivity index (χ0) is 15.0. The molecule has 1 aromatic carbocycles. The average molecular weight is 286 g/mol. The largest absolute Gasteiger partial charge is 0.371 e. The molecule has 21 heavy (non-hydrogen) atoms. The maximum atomic E-state index is 3.59. The Morgan fingerprint density at radius 3 is 2.38 bits per heavy atom. The molecule has 1 aliphatic heterocycles. The first-order valence-electron chi connectivity index (χ1n) is 8.52. The quantitative estimate of drug-likeness (QED) is 0.899. The minimum Gasteiger partial charge on any atom is -0.371 e. The smallest absolute Gasteiger partial charge is 0.0369 e. The summed E-state index contributed by atoms with van der Waals surface area (Å²) < 4.78 is 0. The van der Waals surface area contributed by atoms with Crippen LogP contribution < -0.4 is 10.2 Å². The van der Waals surface area contributed by atoms with Crippen LogP contribution in [-0.2, 0) is 6.54 Å². The fourth-order valence-corrected chi connectivity index (χ4v) is 3.88. The Morgan fingerprint density at radius 1 is 1.14 bits per heavy atom. The average Bonchev–Trinajstić information content (AvgIpc) is 2.96. The Balaban J connectivity index is 1.67. The molecule has 1 N–H and O–H groups in total. The van der Waals surface area contributed by atoms with Crippen LogP contribution in [0.1, 0.15) is 51.2 Å². The zero-order valence-corrected chi connectivity index (χ0v) is 14.1. The van der Waals surface area contributed by atoms with Gasteiger partial charge in [0.2, 0.25) is 0 Å². The molecule has 0 bridgehead atoms. The van der Waals surface area contributed by atoms with Gasteiger partial charge >= 0.3 is 0 Å². The molecule has 1 aromatic rings. The van der Waals surface area contributed by atoms with Crippen LogP contribution >= 0.6 is 0 Å². The zero-order valence-electron chi connectivity index (χ0n) is 14.1. The van der Waals surface area contributed by atoms with Crippen LogP contribution in [0.15, 0.2) is 18.2 Å². The summed E-state index contributed by atoms with van der Waals surface area (Å²) in [5, 5.41) is 3.59. The summed E-state index contributed by atoms with van der Waals surface area (Å²) in [5.41, 5.74) is 4.45. The summed E-state index contributed by atoms with van der Waals surface area (Å²) >= 11 is 0. The Labute approximate surface area is 129 Å². The lowest BCUT2D eigenvalue weighted by Gasteiger charge is -2.23. The van der Waals surface area contributed by atoms with E-state index in [9.17, 15) is 0 Å². The van der Waals surface area contributed by atoms with Gasteiger partial charge in [-0.2, -0.15) is 0 Å². The lowest BCUT2D eigenvalue weighted by Crippen LogP contribution is -2.35. The molecular formula is C19H30N2. The second-order valence-electron chi connectivity index (χ2n) is 8.07. The summed E-state index contributed by atoms with van der Waals surface area (Å²) in [6.45, 7) is 12.4. The van der Waals surface area contributed by atoms with Crippen molar-refractivity contribution in [2.45, 2.75) is 59.0 Å². The van der Waals surface area contributed by atoms with E-state index in [0.717, 1.165) is 18.4 Å². The molecule has 2 nitrogen and oxygen atoms in total. The summed E-state index contributed by atoms with van der Waals surface area (Å²) in [7, 11) is 0. The summed E-state index contributed by atoms with van der Waals surface area (Å²) in [6, 6.07) is 7.03. The van der Waals surface area contributed by atoms with Crippen molar-refractivity contribution in [2.75, 3.05) is 18.0 Å². The Hall–Kier alpha value is -1.02. The monoisotopic (exact) mass is 286 g/mol. The normalized spacial score (nSPS) is 25.4. The number of nitrogens with one attached hydrogen (secondary N) is 1. The molecule has 1 heterocycles. The second-order valence-corrected chi connectivity index (χ2v) is 8.07. The van der Waals surface area contributed by atoms with Crippen LogP contribution in [0.5, 0.6) is 0 Å². The van der Waals surface area contributed by atoms with Gasteiger partial charge in [-0.1, -0.05) is 12.5 Å². The third-order valence-electron chi connectivity index (χ3n) is 5.23. The van der Waals surface area contributed by atoms with E-state index in [1.807, 2.05) is 0 Å². The molecule has 2 fully saturated rings. The Morgan fingerprint density at radius 2 is 1.81 bits per heavy atom. The van der Waals surface area contributed by atoms with E-state index in [1.54, 1.807) is 0 Å². The minimum absolute atomic E-state index is 0.178. The van der Waals surface area contributed by atoms with E-state index in [-0.39, 0.29) is 5.54 Å². The van der Waals surface area contributed by atoms with Crippen molar-refractivity contribution >= 4 is 5.69 Å². The van der Waals surface area contributed by atoms with Crippen molar-refractivity contribution in [2.24, 2.45) is 11.8 Å². The standard InChI is InChI=1S/C19H30N2/c1-14-10-18(9-8-15(14)11-20-19(2,3)4)21-12-16-6-5-7-17(16)13-21/h8-10,16-17,20H,5-7,11-13H2,1-4H3. The van der Waals surface area contributed by atoms with Crippen LogP contribution in [-0.4, -0.2) is 18.6 Å². The number of anilines is 1. The number of hydrogen-bond acceptors (Lipinski definition) is 2. The third-order valence-corrected chi connectivity index (χ3v) is 5.23. The topological polar surface area (TPSA) is 15.3 Å². The molecule has 3 rings (SSSR count). The van der Waals surface area contributed by atoms with Crippen molar-refractivity contribution in [1.29, 1.82) is 0 Å². The van der Waals surface area contributed by atoms with Crippen molar-refractivity contribution in [3.8, 4) is 0 Å². The lowest BCUT2D eigenvalue weighted by atomic mass is 10.0. The SMILES string of the molecule is Cc1cc(N2CC3CCCC3C2)ccc1CNC(C)(C)C. The van der Waals surface area contributed by atoms with Crippen LogP contribution in [0.25, 0.3) is 0 Å². The highest BCUT2D eigenvalue weighted by molar-refractivity contribution is 5.52. The number of aryl methyl sites for hydroxylation is 1. The molecule has 0 aromatic heterocycles. The summed E-state index contributed by atoms with van der Waals surface area (Å²) in [4.78, 5) is 2.61. The number of benzene rings is 1. The number of rotatable bonds is 3. The highest BCUT2D eigenvalue weighted by Crippen LogP contribution is 2.39. The first-order chi connectivity index (χ1) is 9.92. The van der Waals surface area contributed by atoms with Crippen molar-refractivity contribution in [3.05, 3.63) is 29.3 Å². The molecule has 1 saturated carbocycles. The van der Waals surface area contributed by atoms with E-state index < -0.39 is 0 Å². The van der Waals surface area contributed by atoms with Gasteiger partial charge in [0, 0.05) is 30.9 Å². The van der Waals surface area contributed by atoms with Gasteiger partial charge in [-0.05, 0) is 75.6 Å². The van der Waals surface area contributed by atoms with E-state index in [2.05, 4.69) is 56.1 Å². The van der Waals surface area contributed by atoms with Crippen molar-refractivity contribution in [3.63, 3.8) is 0 Å². The molecule has 116 valence electrons. The highest BCUT2D eigenvalue weighted by atomic mass is 15.2. The lowest BCUT2D eigenvalue weighted by molar-refractivity contribution is 0.424. The molecule has 1 saturated heterocycles. The molecule has 1 aliphatic carbocycles. The maximum absolute atomic E-state index is 3.59. The Bertz CT molecular complexity index is 489. The second kappa shape index (κ2) is 5.64. The molecule has 2 aliphatic rings. The molecule has 0 amide bonds. The highest BCUT2D eigenvalue weighted by Gasteiger charge is 2.36. The van der Waals surface area contributed by atoms with Crippen LogP contribution in [0.2, 0.25) is 0 Å². The van der Waals surface area contributed by atoms with Crippen LogP contribution in [0, 0.1) is 18.8 Å². The first kappa shape index (κ1) is 14.9. The molecule has 0 spiro atoms. The first-order valence-corrected chi connectivity index (χ1v) is 8.52. The predicted octanol–water partition coefficient (Wildman–Crippen LogP) is 4.12. The van der Waals surface area contributed by atoms with Gasteiger partial charge in [-0.25, -0.2) is 0 Å². The van der Waals surface area contributed by atoms with E-state index in [1.165, 1.54) is 49.2 Å². The molecule has 2 heteroatoms. The van der Waals surface area contributed by atoms with E-state index in [0.29, 0.717) is 0 Å². The van der Waals surface area contributed by atoms with Crippen LogP contribution in [0.3, 0.4) is 0 Å². The molecule has 0 radical (unpaired) electrons. The fraction of sp³-hybridized carbons (Fsp3) is 0.684. The number of nitrogens with zero attached hydrogens (tertiary/aromatic N) is 1. The van der Waals surface area contributed by atoms with Crippen molar-refractivity contribution < 1.29 is 0 Å². The predicted molar refractivity (Wildman–Crippen MR) is 90.8 cm³/mol. The number of fused-ring (bicyclic) bond motifs is 1. The van der Waals surface area contributed by atoms with E-state index in [4.69, 9.17) is 0 Å². The third kappa shape index (κ3) is 3.42. The van der Waals surface area contributed by atoms with Gasteiger partial charge in [0.25, 0.3) is 0 Å². The fourth-order valence-electron chi connectivity index (χ4n) is 3.88. The molecule has 2 atom stereocenters. The van der Waals surface area contributed by atoms with Gasteiger partial charge in [0.05, 0.1) is 0 Å². The van der Waals surface area contributed by atoms with Gasteiger partial charge in [-0.15, -0.1) is 0 Å². The summed E-state index contributed by atoms with van der Waals surface area (Å²) in [5.74, 6) is 1.93. The minimum atomic E-state index is 0.178. The van der Waals surface area contributed by atoms with Gasteiger partial charge in [0.15, 0.2) is 0 Å².